The zero-order valence-electron chi connectivity index (χ0n) is 17.8. The minimum Gasteiger partial charge on any atom is -0.308 e. The summed E-state index contributed by atoms with van der Waals surface area (Å²) in [5.41, 5.74) is 8.59. The Morgan fingerprint density at radius 1 is 0.500 bits per heavy atom. The van der Waals surface area contributed by atoms with Gasteiger partial charge in [-0.1, -0.05) is 37.9 Å². The first-order chi connectivity index (χ1) is 16.7. The number of benzene rings is 3. The number of fused-ring (bicyclic) bond motifs is 6. The highest BCUT2D eigenvalue weighted by Crippen LogP contribution is 2.35. The predicted molar refractivity (Wildman–Crippen MR) is 146 cm³/mol. The van der Waals surface area contributed by atoms with Crippen molar-refractivity contribution in [2.45, 2.75) is 0 Å². The molecule has 0 aliphatic heterocycles. The van der Waals surface area contributed by atoms with E-state index in [1.807, 2.05) is 24.5 Å². The fourth-order valence-corrected chi connectivity index (χ4v) is 5.66. The summed E-state index contributed by atoms with van der Waals surface area (Å²) in [6, 6.07) is 29.6. The molecule has 0 bridgehead atoms. The lowest BCUT2D eigenvalue weighted by atomic mass is 10.2. The van der Waals surface area contributed by atoms with Crippen molar-refractivity contribution < 1.29 is 0 Å². The molecule has 3 aromatic carbocycles. The highest BCUT2D eigenvalue weighted by molar-refractivity contribution is 9.10. The van der Waals surface area contributed by atoms with Crippen LogP contribution in [0, 0.1) is 0 Å². The molecule has 0 saturated carbocycles. The van der Waals surface area contributed by atoms with Crippen LogP contribution in [0.5, 0.6) is 0 Å². The maximum absolute atomic E-state index is 4.70. The van der Waals surface area contributed by atoms with E-state index >= 15 is 0 Å². The van der Waals surface area contributed by atoms with Gasteiger partial charge in [-0.25, -0.2) is 0 Å². The molecular formula is C28H16Br2N4. The van der Waals surface area contributed by atoms with Gasteiger partial charge in [-0.2, -0.15) is 0 Å². The summed E-state index contributed by atoms with van der Waals surface area (Å²) in [5, 5.41) is 2.25. The Hall–Kier alpha value is -3.48. The number of pyridine rings is 2. The molecule has 0 spiro atoms. The Labute approximate surface area is 211 Å². The molecular weight excluding hydrogens is 552 g/mol. The fraction of sp³-hybridized carbons (Fsp3) is 0. The molecule has 4 heterocycles. The van der Waals surface area contributed by atoms with Crippen LogP contribution in [0.25, 0.3) is 55.2 Å². The third kappa shape index (κ3) is 2.89. The van der Waals surface area contributed by atoms with Gasteiger partial charge < -0.3 is 9.13 Å². The number of rotatable bonds is 2. The van der Waals surface area contributed by atoms with Gasteiger partial charge in [0.05, 0.1) is 33.1 Å². The van der Waals surface area contributed by atoms with E-state index in [4.69, 9.17) is 9.97 Å². The largest absolute Gasteiger partial charge is 0.308 e. The molecule has 7 aromatic rings. The molecule has 0 atom stereocenters. The van der Waals surface area contributed by atoms with E-state index in [-0.39, 0.29) is 0 Å². The van der Waals surface area contributed by atoms with Gasteiger partial charge in [0.15, 0.2) is 0 Å². The van der Waals surface area contributed by atoms with E-state index in [1.165, 1.54) is 0 Å². The first kappa shape index (κ1) is 19.9. The topological polar surface area (TPSA) is 35.6 Å². The van der Waals surface area contributed by atoms with Crippen molar-refractivity contribution in [1.82, 2.24) is 19.1 Å². The first-order valence-corrected chi connectivity index (χ1v) is 12.5. The second-order valence-corrected chi connectivity index (χ2v) is 10.1. The summed E-state index contributed by atoms with van der Waals surface area (Å²) >= 11 is 7.25. The molecule has 4 nitrogen and oxygen atoms in total. The van der Waals surface area contributed by atoms with Crippen molar-refractivity contribution in [3.63, 3.8) is 0 Å². The van der Waals surface area contributed by atoms with Crippen LogP contribution in [-0.2, 0) is 0 Å². The first-order valence-electron chi connectivity index (χ1n) is 10.9. The van der Waals surface area contributed by atoms with Gasteiger partial charge in [0.25, 0.3) is 0 Å². The van der Waals surface area contributed by atoms with Gasteiger partial charge in [0.2, 0.25) is 0 Å². The number of hydrogen-bond acceptors (Lipinski definition) is 2. The Morgan fingerprint density at radius 3 is 1.50 bits per heavy atom. The van der Waals surface area contributed by atoms with Crippen LogP contribution in [0.2, 0.25) is 0 Å². The molecule has 0 N–H and O–H groups in total. The summed E-state index contributed by atoms with van der Waals surface area (Å²) in [7, 11) is 0. The van der Waals surface area contributed by atoms with Crippen LogP contribution >= 0.6 is 31.9 Å². The van der Waals surface area contributed by atoms with E-state index in [0.29, 0.717) is 0 Å². The lowest BCUT2D eigenvalue weighted by Crippen LogP contribution is -1.98. The molecule has 0 amide bonds. The number of halogens is 2. The molecule has 34 heavy (non-hydrogen) atoms. The van der Waals surface area contributed by atoms with Crippen molar-refractivity contribution >= 4 is 75.7 Å². The summed E-state index contributed by atoms with van der Waals surface area (Å²) < 4.78 is 6.66. The van der Waals surface area contributed by atoms with Crippen LogP contribution in [0.15, 0.2) is 106 Å². The number of aromatic nitrogens is 4. The van der Waals surface area contributed by atoms with E-state index < -0.39 is 0 Å². The summed E-state index contributed by atoms with van der Waals surface area (Å²) in [5.74, 6) is 0. The van der Waals surface area contributed by atoms with Gasteiger partial charge in [-0.05, 0) is 78.9 Å². The maximum Gasteiger partial charge on any atom is 0.0963 e. The van der Waals surface area contributed by atoms with Crippen LogP contribution in [0.1, 0.15) is 0 Å². The van der Waals surface area contributed by atoms with Crippen molar-refractivity contribution in [3.8, 4) is 11.4 Å². The average Bonchev–Trinajstić information content (AvgIpc) is 3.36. The predicted octanol–water partition coefficient (Wildman–Crippen LogP) is 8.20. The fourth-order valence-electron chi connectivity index (χ4n) is 4.94. The molecule has 0 unspecified atom stereocenters. The molecule has 0 radical (unpaired) electrons. The molecule has 6 heteroatoms. The standard InChI is InChI=1S/C28H16Br2N4/c29-17-8-10-23-21(14-17)27-25(6-2-12-31-27)33(23)19-4-1-5-20(16-19)34-24-11-9-18(30)15-22(24)28-26(34)7-3-13-32-28/h1-16H. The van der Waals surface area contributed by atoms with Gasteiger partial charge in [-0.15, -0.1) is 0 Å². The zero-order chi connectivity index (χ0) is 22.8. The molecule has 4 aromatic heterocycles. The second kappa shape index (κ2) is 7.52. The Morgan fingerprint density at radius 2 is 1.00 bits per heavy atom. The molecule has 0 saturated heterocycles. The van der Waals surface area contributed by atoms with Gasteiger partial charge >= 0.3 is 0 Å². The molecule has 7 rings (SSSR count). The molecule has 0 fully saturated rings. The van der Waals surface area contributed by atoms with Crippen LogP contribution in [0.3, 0.4) is 0 Å². The average molecular weight is 568 g/mol. The monoisotopic (exact) mass is 566 g/mol. The number of hydrogen-bond donors (Lipinski definition) is 0. The lowest BCUT2D eigenvalue weighted by Gasteiger charge is -2.12. The maximum atomic E-state index is 4.70. The summed E-state index contributed by atoms with van der Waals surface area (Å²) in [6.45, 7) is 0. The highest BCUT2D eigenvalue weighted by atomic mass is 79.9. The summed E-state index contributed by atoms with van der Waals surface area (Å²) in [4.78, 5) is 9.40. The molecule has 0 aliphatic rings. The van der Waals surface area contributed by atoms with Gasteiger partial charge in [-0.3, -0.25) is 9.97 Å². The van der Waals surface area contributed by atoms with Crippen LogP contribution < -0.4 is 0 Å². The lowest BCUT2D eigenvalue weighted by molar-refractivity contribution is 1.13. The molecule has 0 aliphatic carbocycles. The second-order valence-electron chi connectivity index (χ2n) is 8.26. The Bertz CT molecular complexity index is 1760. The quantitative estimate of drug-likeness (QED) is 0.211. The van der Waals surface area contributed by atoms with Crippen molar-refractivity contribution in [3.05, 3.63) is 106 Å². The van der Waals surface area contributed by atoms with E-state index in [0.717, 1.165) is 64.2 Å². The van der Waals surface area contributed by atoms with Crippen LogP contribution in [-0.4, -0.2) is 19.1 Å². The number of nitrogens with zero attached hydrogens (tertiary/aromatic N) is 4. The van der Waals surface area contributed by atoms with E-state index in [2.05, 4.69) is 114 Å². The van der Waals surface area contributed by atoms with Gasteiger partial charge in [0, 0.05) is 43.5 Å². The van der Waals surface area contributed by atoms with Crippen molar-refractivity contribution in [1.29, 1.82) is 0 Å². The highest BCUT2D eigenvalue weighted by Gasteiger charge is 2.16. The smallest absolute Gasteiger partial charge is 0.0963 e. The Balaban J connectivity index is 1.54. The van der Waals surface area contributed by atoms with E-state index in [1.54, 1.807) is 0 Å². The minimum absolute atomic E-state index is 0.995. The van der Waals surface area contributed by atoms with Crippen molar-refractivity contribution in [2.75, 3.05) is 0 Å². The van der Waals surface area contributed by atoms with Gasteiger partial charge in [0.1, 0.15) is 0 Å². The normalized spacial score (nSPS) is 11.8. The van der Waals surface area contributed by atoms with E-state index in [9.17, 15) is 0 Å². The molecule has 162 valence electrons. The summed E-state index contributed by atoms with van der Waals surface area (Å²) in [6.07, 6.45) is 3.71. The SMILES string of the molecule is Brc1ccc2c(c1)c1ncccc1n2-c1cccc(-n2c3ccc(Br)cc3c3ncccc32)c1. The third-order valence-electron chi connectivity index (χ3n) is 6.31. The Kier molecular flexibility index (Phi) is 4.41. The van der Waals surface area contributed by atoms with Crippen molar-refractivity contribution in [2.24, 2.45) is 0 Å². The minimum atomic E-state index is 0.995. The van der Waals surface area contributed by atoms with Crippen LogP contribution in [0.4, 0.5) is 0 Å². The third-order valence-corrected chi connectivity index (χ3v) is 7.30. The zero-order valence-corrected chi connectivity index (χ0v) is 21.0.